The summed E-state index contributed by atoms with van der Waals surface area (Å²) in [6.07, 6.45) is 3.05. The molecule has 1 aromatic carbocycles. The molecule has 15 heavy (non-hydrogen) atoms. The van der Waals surface area contributed by atoms with E-state index in [1.54, 1.807) is 6.07 Å². The summed E-state index contributed by atoms with van der Waals surface area (Å²) in [5.41, 5.74) is 3.56. The fraction of sp³-hybridized carbons (Fsp3) is 0.455. The van der Waals surface area contributed by atoms with E-state index in [1.165, 1.54) is 12.1 Å². The average Bonchev–Trinajstić information content (AvgIpc) is 2.21. The molecule has 1 aromatic rings. The number of hydrogen-bond donors (Lipinski definition) is 2. The first kappa shape index (κ1) is 12.4. The number of benzene rings is 1. The summed E-state index contributed by atoms with van der Waals surface area (Å²) >= 11 is 5.95. The van der Waals surface area contributed by atoms with E-state index in [0.29, 0.717) is 5.02 Å². The highest BCUT2D eigenvalue weighted by Crippen LogP contribution is 2.26. The molecule has 0 aliphatic carbocycles. The van der Waals surface area contributed by atoms with Crippen molar-refractivity contribution in [2.75, 3.05) is 0 Å². The van der Waals surface area contributed by atoms with E-state index in [9.17, 15) is 4.39 Å². The largest absolute Gasteiger partial charge is 0.271 e. The van der Waals surface area contributed by atoms with Crippen molar-refractivity contribution >= 4 is 11.6 Å². The molecule has 3 N–H and O–H groups in total. The quantitative estimate of drug-likeness (QED) is 0.602. The standard InChI is InChI=1S/C11H16ClFN2/c1-2-3-4-11(15-14)9-6-5-8(13)7-10(9)12/h5-7,11,15H,2-4,14H2,1H3. The molecule has 0 fully saturated rings. The van der Waals surface area contributed by atoms with E-state index in [4.69, 9.17) is 17.4 Å². The van der Waals surface area contributed by atoms with Gasteiger partial charge in [0.05, 0.1) is 0 Å². The summed E-state index contributed by atoms with van der Waals surface area (Å²) in [6, 6.07) is 4.39. The molecule has 0 saturated carbocycles. The Bertz CT molecular complexity index is 317. The second-order valence-corrected chi connectivity index (χ2v) is 3.93. The molecular formula is C11H16ClFN2. The number of rotatable bonds is 5. The first-order chi connectivity index (χ1) is 7.19. The van der Waals surface area contributed by atoms with Crippen molar-refractivity contribution < 1.29 is 4.39 Å². The minimum absolute atomic E-state index is 0.00181. The van der Waals surface area contributed by atoms with Crippen LogP contribution >= 0.6 is 11.6 Å². The maximum atomic E-state index is 12.8. The number of hydrazine groups is 1. The smallest absolute Gasteiger partial charge is 0.124 e. The lowest BCUT2D eigenvalue weighted by molar-refractivity contribution is 0.494. The topological polar surface area (TPSA) is 38.0 Å². The number of nitrogens with two attached hydrogens (primary N) is 1. The van der Waals surface area contributed by atoms with Crippen LogP contribution in [0.25, 0.3) is 0 Å². The summed E-state index contributed by atoms with van der Waals surface area (Å²) in [4.78, 5) is 0. The van der Waals surface area contributed by atoms with Gasteiger partial charge in [-0.25, -0.2) is 4.39 Å². The molecule has 0 aliphatic rings. The van der Waals surface area contributed by atoms with Gasteiger partial charge in [0.15, 0.2) is 0 Å². The molecule has 1 rings (SSSR count). The lowest BCUT2D eigenvalue weighted by atomic mass is 10.0. The van der Waals surface area contributed by atoms with Crippen molar-refractivity contribution in [1.82, 2.24) is 5.43 Å². The van der Waals surface area contributed by atoms with Crippen LogP contribution in [0.4, 0.5) is 4.39 Å². The monoisotopic (exact) mass is 230 g/mol. The van der Waals surface area contributed by atoms with E-state index in [2.05, 4.69) is 12.3 Å². The van der Waals surface area contributed by atoms with Gasteiger partial charge in [0.2, 0.25) is 0 Å². The van der Waals surface area contributed by atoms with Crippen molar-refractivity contribution in [3.05, 3.63) is 34.6 Å². The Labute approximate surface area is 94.6 Å². The molecule has 4 heteroatoms. The summed E-state index contributed by atoms with van der Waals surface area (Å²) < 4.78 is 12.8. The van der Waals surface area contributed by atoms with Gasteiger partial charge in [-0.1, -0.05) is 37.4 Å². The first-order valence-corrected chi connectivity index (χ1v) is 5.48. The van der Waals surface area contributed by atoms with Crippen LogP contribution in [0.1, 0.15) is 37.8 Å². The zero-order valence-corrected chi connectivity index (χ0v) is 9.52. The van der Waals surface area contributed by atoms with Crippen molar-refractivity contribution in [1.29, 1.82) is 0 Å². The molecule has 0 bridgehead atoms. The number of unbranched alkanes of at least 4 members (excludes halogenated alkanes) is 1. The van der Waals surface area contributed by atoms with Gasteiger partial charge < -0.3 is 0 Å². The van der Waals surface area contributed by atoms with Gasteiger partial charge in [-0.05, 0) is 24.1 Å². The minimum atomic E-state index is -0.324. The first-order valence-electron chi connectivity index (χ1n) is 5.10. The number of halogens is 2. The van der Waals surface area contributed by atoms with Gasteiger partial charge >= 0.3 is 0 Å². The second kappa shape index (κ2) is 6.05. The van der Waals surface area contributed by atoms with Gasteiger partial charge in [0, 0.05) is 11.1 Å². The van der Waals surface area contributed by atoms with Crippen LogP contribution in [0.15, 0.2) is 18.2 Å². The van der Waals surface area contributed by atoms with Gasteiger partial charge in [0.25, 0.3) is 0 Å². The van der Waals surface area contributed by atoms with Gasteiger partial charge in [-0.3, -0.25) is 11.3 Å². The van der Waals surface area contributed by atoms with Crippen molar-refractivity contribution in [2.24, 2.45) is 5.84 Å². The molecule has 1 atom stereocenters. The van der Waals surface area contributed by atoms with Crippen molar-refractivity contribution in [3.63, 3.8) is 0 Å². The lowest BCUT2D eigenvalue weighted by Crippen LogP contribution is -2.28. The molecule has 0 spiro atoms. The van der Waals surface area contributed by atoms with Crippen LogP contribution in [-0.2, 0) is 0 Å². The molecule has 0 aliphatic heterocycles. The third-order valence-electron chi connectivity index (χ3n) is 2.39. The molecule has 2 nitrogen and oxygen atoms in total. The third-order valence-corrected chi connectivity index (χ3v) is 2.71. The van der Waals surface area contributed by atoms with E-state index < -0.39 is 0 Å². The molecule has 0 aromatic heterocycles. The summed E-state index contributed by atoms with van der Waals surface area (Å²) in [5.74, 6) is 5.13. The van der Waals surface area contributed by atoms with Gasteiger partial charge in [-0.2, -0.15) is 0 Å². The maximum absolute atomic E-state index is 12.8. The van der Waals surface area contributed by atoms with Crippen molar-refractivity contribution in [2.45, 2.75) is 32.2 Å². The Morgan fingerprint density at radius 3 is 2.80 bits per heavy atom. The molecule has 84 valence electrons. The summed E-state index contributed by atoms with van der Waals surface area (Å²) in [5, 5.41) is 0.425. The molecule has 0 amide bonds. The van der Waals surface area contributed by atoms with Crippen LogP contribution in [-0.4, -0.2) is 0 Å². The van der Waals surface area contributed by atoms with E-state index in [0.717, 1.165) is 24.8 Å². The lowest BCUT2D eigenvalue weighted by Gasteiger charge is -2.17. The van der Waals surface area contributed by atoms with E-state index in [1.807, 2.05) is 0 Å². The Balaban J connectivity index is 2.81. The summed E-state index contributed by atoms with van der Waals surface area (Å²) in [7, 11) is 0. The van der Waals surface area contributed by atoms with Crippen LogP contribution in [0.2, 0.25) is 5.02 Å². The molecular weight excluding hydrogens is 215 g/mol. The van der Waals surface area contributed by atoms with E-state index >= 15 is 0 Å². The molecule has 0 saturated heterocycles. The Hall–Kier alpha value is -0.640. The fourth-order valence-corrected chi connectivity index (χ4v) is 1.82. The predicted molar refractivity (Wildman–Crippen MR) is 61.0 cm³/mol. The van der Waals surface area contributed by atoms with Crippen LogP contribution in [0.3, 0.4) is 0 Å². The number of hydrogen-bond acceptors (Lipinski definition) is 2. The second-order valence-electron chi connectivity index (χ2n) is 3.53. The highest BCUT2D eigenvalue weighted by Gasteiger charge is 2.12. The highest BCUT2D eigenvalue weighted by molar-refractivity contribution is 6.31. The molecule has 0 heterocycles. The Kier molecular flexibility index (Phi) is 5.02. The number of nitrogens with one attached hydrogen (secondary N) is 1. The zero-order valence-electron chi connectivity index (χ0n) is 8.76. The summed E-state index contributed by atoms with van der Waals surface area (Å²) in [6.45, 7) is 2.11. The van der Waals surface area contributed by atoms with Crippen molar-refractivity contribution in [3.8, 4) is 0 Å². The molecule has 1 unspecified atom stereocenters. The van der Waals surface area contributed by atoms with Gasteiger partial charge in [0.1, 0.15) is 5.82 Å². The Morgan fingerprint density at radius 1 is 1.53 bits per heavy atom. The van der Waals surface area contributed by atoms with Crippen LogP contribution in [0.5, 0.6) is 0 Å². The predicted octanol–water partition coefficient (Wildman–Crippen LogP) is 3.17. The minimum Gasteiger partial charge on any atom is -0.271 e. The van der Waals surface area contributed by atoms with Crippen LogP contribution in [0, 0.1) is 5.82 Å². The van der Waals surface area contributed by atoms with Crippen LogP contribution < -0.4 is 11.3 Å². The SMILES string of the molecule is CCCCC(NN)c1ccc(F)cc1Cl. The van der Waals surface area contributed by atoms with Gasteiger partial charge in [-0.15, -0.1) is 0 Å². The zero-order chi connectivity index (χ0) is 11.3. The fourth-order valence-electron chi connectivity index (χ4n) is 1.52. The third kappa shape index (κ3) is 3.45. The normalized spacial score (nSPS) is 12.8. The molecule has 0 radical (unpaired) electrons. The highest BCUT2D eigenvalue weighted by atomic mass is 35.5. The maximum Gasteiger partial charge on any atom is 0.124 e. The van der Waals surface area contributed by atoms with E-state index in [-0.39, 0.29) is 11.9 Å². The Morgan fingerprint density at radius 2 is 2.27 bits per heavy atom. The average molecular weight is 231 g/mol.